The first kappa shape index (κ1) is 14.3. The minimum atomic E-state index is -0.162. The molecule has 0 aliphatic carbocycles. The van der Waals surface area contributed by atoms with Crippen molar-refractivity contribution in [3.63, 3.8) is 0 Å². The van der Waals surface area contributed by atoms with E-state index in [1.165, 1.54) is 0 Å². The van der Waals surface area contributed by atoms with Gasteiger partial charge in [0.2, 0.25) is 6.41 Å². The molecule has 0 fully saturated rings. The fraction of sp³-hybridized carbons (Fsp3) is 0.312. The second-order valence-corrected chi connectivity index (χ2v) is 5.95. The molecule has 2 heterocycles. The highest BCUT2D eigenvalue weighted by atomic mass is 16.3. The van der Waals surface area contributed by atoms with Crippen LogP contribution in [0.2, 0.25) is 0 Å². The van der Waals surface area contributed by atoms with E-state index in [1.807, 2.05) is 12.1 Å². The summed E-state index contributed by atoms with van der Waals surface area (Å²) >= 11 is 0. The highest BCUT2D eigenvalue weighted by Gasteiger charge is 2.21. The van der Waals surface area contributed by atoms with E-state index in [0.717, 1.165) is 23.0 Å². The Morgan fingerprint density at radius 2 is 2.18 bits per heavy atom. The molecule has 1 aromatic carbocycles. The zero-order valence-corrected chi connectivity index (χ0v) is 12.8. The molecule has 6 heteroatoms. The molecule has 0 bridgehead atoms. The lowest BCUT2D eigenvalue weighted by Gasteiger charge is -2.24. The van der Waals surface area contributed by atoms with Gasteiger partial charge in [-0.05, 0) is 17.7 Å². The quantitative estimate of drug-likeness (QED) is 0.709. The number of aryl methyl sites for hydroxylation is 1. The number of nitrogens with one attached hydrogen (secondary N) is 2. The minimum absolute atomic E-state index is 0.162. The number of carbonyl (C=O) groups excluding carboxylic acids is 1. The second-order valence-electron chi connectivity index (χ2n) is 5.95. The van der Waals surface area contributed by atoms with Crippen molar-refractivity contribution in [3.05, 3.63) is 35.9 Å². The molecule has 114 valence electrons. The SMILES string of the molecule is Cc1nc(-c2nc3ccc(C(C)(C)CNC=O)cc3[nH]2)co1. The van der Waals surface area contributed by atoms with Gasteiger partial charge in [0, 0.05) is 18.9 Å². The predicted molar refractivity (Wildman–Crippen MR) is 83.4 cm³/mol. The van der Waals surface area contributed by atoms with Crippen molar-refractivity contribution in [2.75, 3.05) is 6.54 Å². The van der Waals surface area contributed by atoms with Gasteiger partial charge in [0.1, 0.15) is 12.0 Å². The van der Waals surface area contributed by atoms with Gasteiger partial charge in [-0.2, -0.15) is 0 Å². The van der Waals surface area contributed by atoms with E-state index in [9.17, 15) is 4.79 Å². The van der Waals surface area contributed by atoms with Crippen molar-refractivity contribution in [2.24, 2.45) is 0 Å². The number of oxazole rings is 1. The van der Waals surface area contributed by atoms with Crippen LogP contribution in [0.15, 0.2) is 28.9 Å². The Morgan fingerprint density at radius 1 is 1.36 bits per heavy atom. The minimum Gasteiger partial charge on any atom is -0.449 e. The Kier molecular flexibility index (Phi) is 3.44. The summed E-state index contributed by atoms with van der Waals surface area (Å²) in [5.74, 6) is 1.30. The summed E-state index contributed by atoms with van der Waals surface area (Å²) in [7, 11) is 0. The molecule has 0 aliphatic rings. The topological polar surface area (TPSA) is 83.8 Å². The number of H-pyrrole nitrogens is 1. The van der Waals surface area contributed by atoms with E-state index in [1.54, 1.807) is 13.2 Å². The molecule has 0 unspecified atom stereocenters. The number of hydrogen-bond donors (Lipinski definition) is 2. The van der Waals surface area contributed by atoms with E-state index in [0.29, 0.717) is 24.0 Å². The summed E-state index contributed by atoms with van der Waals surface area (Å²) in [6, 6.07) is 6.07. The summed E-state index contributed by atoms with van der Waals surface area (Å²) < 4.78 is 5.22. The van der Waals surface area contributed by atoms with Gasteiger partial charge in [0.05, 0.1) is 11.0 Å². The van der Waals surface area contributed by atoms with Gasteiger partial charge in [0.25, 0.3) is 0 Å². The third-order valence-electron chi connectivity index (χ3n) is 3.75. The van der Waals surface area contributed by atoms with Crippen molar-refractivity contribution in [1.82, 2.24) is 20.3 Å². The maximum Gasteiger partial charge on any atom is 0.207 e. The summed E-state index contributed by atoms with van der Waals surface area (Å²) in [6.07, 6.45) is 2.31. The van der Waals surface area contributed by atoms with Gasteiger partial charge in [-0.25, -0.2) is 9.97 Å². The van der Waals surface area contributed by atoms with Crippen molar-refractivity contribution < 1.29 is 9.21 Å². The Morgan fingerprint density at radius 3 is 2.86 bits per heavy atom. The average molecular weight is 298 g/mol. The molecular formula is C16H18N4O2. The van der Waals surface area contributed by atoms with Crippen LogP contribution < -0.4 is 5.32 Å². The zero-order valence-electron chi connectivity index (χ0n) is 12.8. The van der Waals surface area contributed by atoms with Gasteiger partial charge in [-0.15, -0.1) is 0 Å². The normalized spacial score (nSPS) is 11.8. The summed E-state index contributed by atoms with van der Waals surface area (Å²) in [6.45, 7) is 6.55. The third-order valence-corrected chi connectivity index (χ3v) is 3.75. The van der Waals surface area contributed by atoms with E-state index < -0.39 is 0 Å². The summed E-state index contributed by atoms with van der Waals surface area (Å²) in [5.41, 5.74) is 3.47. The van der Waals surface area contributed by atoms with Crippen LogP contribution >= 0.6 is 0 Å². The fourth-order valence-electron chi connectivity index (χ4n) is 2.42. The molecule has 6 nitrogen and oxygen atoms in total. The number of fused-ring (bicyclic) bond motifs is 1. The molecule has 0 spiro atoms. The molecule has 0 radical (unpaired) electrons. The lowest BCUT2D eigenvalue weighted by molar-refractivity contribution is -0.109. The van der Waals surface area contributed by atoms with Gasteiger partial charge in [-0.1, -0.05) is 19.9 Å². The largest absolute Gasteiger partial charge is 0.449 e. The van der Waals surface area contributed by atoms with Crippen LogP contribution in [0.25, 0.3) is 22.6 Å². The molecular weight excluding hydrogens is 280 g/mol. The lowest BCUT2D eigenvalue weighted by Crippen LogP contribution is -2.32. The van der Waals surface area contributed by atoms with Gasteiger partial charge in [0.15, 0.2) is 11.7 Å². The van der Waals surface area contributed by atoms with E-state index in [2.05, 4.69) is 40.2 Å². The smallest absolute Gasteiger partial charge is 0.207 e. The van der Waals surface area contributed by atoms with E-state index >= 15 is 0 Å². The van der Waals surface area contributed by atoms with E-state index in [-0.39, 0.29) is 5.41 Å². The number of amides is 1. The van der Waals surface area contributed by atoms with Crippen molar-refractivity contribution in [2.45, 2.75) is 26.2 Å². The molecule has 3 rings (SSSR count). The monoisotopic (exact) mass is 298 g/mol. The maximum absolute atomic E-state index is 10.5. The number of carbonyl (C=O) groups is 1. The van der Waals surface area contributed by atoms with Gasteiger partial charge in [-0.3, -0.25) is 4.79 Å². The van der Waals surface area contributed by atoms with Gasteiger partial charge < -0.3 is 14.7 Å². The fourth-order valence-corrected chi connectivity index (χ4v) is 2.42. The molecule has 2 aromatic heterocycles. The van der Waals surface area contributed by atoms with Crippen LogP contribution in [-0.4, -0.2) is 27.9 Å². The van der Waals surface area contributed by atoms with Crippen molar-refractivity contribution in [3.8, 4) is 11.5 Å². The van der Waals surface area contributed by atoms with Crippen molar-refractivity contribution in [1.29, 1.82) is 0 Å². The summed E-state index contributed by atoms with van der Waals surface area (Å²) in [5, 5.41) is 2.74. The highest BCUT2D eigenvalue weighted by Crippen LogP contribution is 2.27. The molecule has 0 aliphatic heterocycles. The summed E-state index contributed by atoms with van der Waals surface area (Å²) in [4.78, 5) is 22.6. The predicted octanol–water partition coefficient (Wildman–Crippen LogP) is 2.55. The lowest BCUT2D eigenvalue weighted by atomic mass is 9.84. The van der Waals surface area contributed by atoms with E-state index in [4.69, 9.17) is 4.42 Å². The zero-order chi connectivity index (χ0) is 15.7. The maximum atomic E-state index is 10.5. The van der Waals surface area contributed by atoms with Crippen LogP contribution in [0.1, 0.15) is 25.3 Å². The number of benzene rings is 1. The molecule has 1 amide bonds. The average Bonchev–Trinajstić information content (AvgIpc) is 3.10. The van der Waals surface area contributed by atoms with Crippen molar-refractivity contribution >= 4 is 17.4 Å². The van der Waals surface area contributed by atoms with Crippen LogP contribution in [-0.2, 0) is 10.2 Å². The molecule has 0 saturated carbocycles. The Labute approximate surface area is 128 Å². The number of aromatic amines is 1. The molecule has 3 aromatic rings. The number of nitrogens with zero attached hydrogens (tertiary/aromatic N) is 2. The Balaban J connectivity index is 1.98. The number of imidazole rings is 1. The first-order valence-corrected chi connectivity index (χ1v) is 7.09. The van der Waals surface area contributed by atoms with Crippen LogP contribution in [0.3, 0.4) is 0 Å². The first-order chi connectivity index (χ1) is 10.5. The highest BCUT2D eigenvalue weighted by molar-refractivity contribution is 5.79. The van der Waals surface area contributed by atoms with Crippen LogP contribution in [0.5, 0.6) is 0 Å². The molecule has 22 heavy (non-hydrogen) atoms. The molecule has 0 atom stereocenters. The number of hydrogen-bond acceptors (Lipinski definition) is 4. The number of aromatic nitrogens is 3. The first-order valence-electron chi connectivity index (χ1n) is 7.09. The van der Waals surface area contributed by atoms with Gasteiger partial charge >= 0.3 is 0 Å². The van der Waals surface area contributed by atoms with Crippen LogP contribution in [0.4, 0.5) is 0 Å². The molecule has 0 saturated heterocycles. The standard InChI is InChI=1S/C16H18N4O2/c1-10-18-14(7-22-10)15-19-12-5-4-11(6-13(12)20-15)16(2,3)8-17-9-21/h4-7,9H,8H2,1-3H3,(H,17,21)(H,19,20). The Hall–Kier alpha value is -2.63. The molecule has 2 N–H and O–H groups in total. The number of rotatable bonds is 5. The second kappa shape index (κ2) is 5.29. The third kappa shape index (κ3) is 2.59. The van der Waals surface area contributed by atoms with Crippen LogP contribution in [0, 0.1) is 6.92 Å². The Bertz CT molecular complexity index is 817.